The second-order valence-corrected chi connectivity index (χ2v) is 6.67. The van der Waals surface area contributed by atoms with Crippen LogP contribution in [0.1, 0.15) is 34.5 Å². The topological polar surface area (TPSA) is 65.8 Å². The molecular weight excluding hydrogens is 330 g/mol. The van der Waals surface area contributed by atoms with Gasteiger partial charge in [-0.3, -0.25) is 14.5 Å². The molecule has 2 amide bonds. The Kier molecular flexibility index (Phi) is 6.07. The maximum atomic E-state index is 12.2. The van der Waals surface area contributed by atoms with Crippen molar-refractivity contribution < 1.29 is 14.0 Å². The van der Waals surface area contributed by atoms with Crippen LogP contribution in [0.5, 0.6) is 0 Å². The number of amides is 2. The van der Waals surface area contributed by atoms with E-state index in [2.05, 4.69) is 16.3 Å². The van der Waals surface area contributed by atoms with E-state index < -0.39 is 0 Å². The molecule has 26 heavy (non-hydrogen) atoms. The zero-order chi connectivity index (χ0) is 18.4. The molecule has 138 valence electrons. The van der Waals surface area contributed by atoms with Gasteiger partial charge in [-0.05, 0) is 49.2 Å². The maximum absolute atomic E-state index is 12.2. The molecule has 1 saturated heterocycles. The number of hydrogen-bond acceptors (Lipinski definition) is 4. The largest absolute Gasteiger partial charge is 0.459 e. The van der Waals surface area contributed by atoms with E-state index in [9.17, 15) is 9.59 Å². The Hall–Kier alpha value is -2.60. The van der Waals surface area contributed by atoms with Gasteiger partial charge in [0.1, 0.15) is 0 Å². The summed E-state index contributed by atoms with van der Waals surface area (Å²) in [6.07, 6.45) is 3.96. The van der Waals surface area contributed by atoms with Crippen LogP contribution < -0.4 is 5.32 Å². The lowest BCUT2D eigenvalue weighted by atomic mass is 10.1. The molecule has 6 nitrogen and oxygen atoms in total. The van der Waals surface area contributed by atoms with E-state index in [0.717, 1.165) is 25.2 Å². The van der Waals surface area contributed by atoms with Crippen molar-refractivity contribution in [2.75, 3.05) is 26.7 Å². The van der Waals surface area contributed by atoms with Crippen LogP contribution in [0.2, 0.25) is 0 Å². The molecule has 2 heterocycles. The molecule has 1 aliphatic heterocycles. The molecular formula is C20H25N3O3. The van der Waals surface area contributed by atoms with Gasteiger partial charge in [0, 0.05) is 20.1 Å². The minimum atomic E-state index is -0.306. The molecule has 1 aromatic carbocycles. The fraction of sp³-hybridized carbons (Fsp3) is 0.400. The molecule has 0 aliphatic carbocycles. The Morgan fingerprint density at radius 2 is 1.85 bits per heavy atom. The fourth-order valence-electron chi connectivity index (χ4n) is 3.19. The first-order valence-corrected chi connectivity index (χ1v) is 8.98. The van der Waals surface area contributed by atoms with Crippen LogP contribution in [0.25, 0.3) is 0 Å². The lowest BCUT2D eigenvalue weighted by molar-refractivity contribution is -0.121. The van der Waals surface area contributed by atoms with E-state index in [0.29, 0.717) is 6.54 Å². The van der Waals surface area contributed by atoms with Crippen molar-refractivity contribution in [3.05, 3.63) is 59.5 Å². The van der Waals surface area contributed by atoms with Crippen molar-refractivity contribution >= 4 is 11.8 Å². The molecule has 0 atom stereocenters. The number of nitrogens with zero attached hydrogens (tertiary/aromatic N) is 2. The van der Waals surface area contributed by atoms with Gasteiger partial charge in [0.05, 0.1) is 12.8 Å². The second kappa shape index (κ2) is 8.67. The van der Waals surface area contributed by atoms with E-state index in [4.69, 9.17) is 4.42 Å². The molecule has 1 aromatic heterocycles. The van der Waals surface area contributed by atoms with Gasteiger partial charge in [-0.2, -0.15) is 0 Å². The average molecular weight is 355 g/mol. The third-order valence-corrected chi connectivity index (χ3v) is 4.65. The highest BCUT2D eigenvalue weighted by atomic mass is 16.3. The van der Waals surface area contributed by atoms with Crippen LogP contribution in [0.3, 0.4) is 0 Å². The third kappa shape index (κ3) is 4.73. The third-order valence-electron chi connectivity index (χ3n) is 4.65. The van der Waals surface area contributed by atoms with E-state index in [1.54, 1.807) is 19.2 Å². The highest BCUT2D eigenvalue weighted by molar-refractivity contribution is 5.94. The van der Waals surface area contributed by atoms with Crippen LogP contribution in [0.4, 0.5) is 0 Å². The van der Waals surface area contributed by atoms with Gasteiger partial charge in [0.25, 0.3) is 5.91 Å². The second-order valence-electron chi connectivity index (χ2n) is 6.67. The molecule has 1 N–H and O–H groups in total. The predicted octanol–water partition coefficient (Wildman–Crippen LogP) is 2.26. The summed E-state index contributed by atoms with van der Waals surface area (Å²) in [4.78, 5) is 28.1. The number of likely N-dealkylation sites (N-methyl/N-ethyl adjacent to an activating group) is 1. The van der Waals surface area contributed by atoms with Crippen LogP contribution in [0, 0.1) is 0 Å². The maximum Gasteiger partial charge on any atom is 0.289 e. The Morgan fingerprint density at radius 1 is 1.12 bits per heavy atom. The van der Waals surface area contributed by atoms with Gasteiger partial charge in [-0.25, -0.2) is 0 Å². The standard InChI is InChI=1S/C20H25N3O3/c1-22(20(25)18-9-6-12-26-18)15-19(24)21-13-16-7-2-3-8-17(16)14-23-10-4-5-11-23/h2-3,6-9,12H,4-5,10-11,13-15H2,1H3,(H,21,24). The van der Waals surface area contributed by atoms with Gasteiger partial charge < -0.3 is 14.6 Å². The quantitative estimate of drug-likeness (QED) is 0.827. The fourth-order valence-corrected chi connectivity index (χ4v) is 3.19. The minimum Gasteiger partial charge on any atom is -0.459 e. The van der Waals surface area contributed by atoms with Crippen LogP contribution >= 0.6 is 0 Å². The molecule has 0 radical (unpaired) electrons. The van der Waals surface area contributed by atoms with Gasteiger partial charge in [-0.1, -0.05) is 24.3 Å². The number of nitrogens with one attached hydrogen (secondary N) is 1. The van der Waals surface area contributed by atoms with E-state index >= 15 is 0 Å². The molecule has 2 aromatic rings. The molecule has 0 saturated carbocycles. The van der Waals surface area contributed by atoms with Gasteiger partial charge in [0.2, 0.25) is 5.91 Å². The number of carbonyl (C=O) groups is 2. The van der Waals surface area contributed by atoms with Crippen molar-refractivity contribution in [2.45, 2.75) is 25.9 Å². The summed E-state index contributed by atoms with van der Waals surface area (Å²) in [5.74, 6) is -0.265. The van der Waals surface area contributed by atoms with Crippen molar-refractivity contribution in [3.63, 3.8) is 0 Å². The molecule has 6 heteroatoms. The number of rotatable bonds is 7. The lowest BCUT2D eigenvalue weighted by Crippen LogP contribution is -2.38. The highest BCUT2D eigenvalue weighted by Gasteiger charge is 2.17. The molecule has 0 spiro atoms. The smallest absolute Gasteiger partial charge is 0.289 e. The zero-order valence-corrected chi connectivity index (χ0v) is 15.1. The molecule has 3 rings (SSSR count). The Bertz CT molecular complexity index is 737. The van der Waals surface area contributed by atoms with Crippen LogP contribution in [0.15, 0.2) is 47.1 Å². The SMILES string of the molecule is CN(CC(=O)NCc1ccccc1CN1CCCC1)C(=O)c1ccco1. The molecule has 0 bridgehead atoms. The summed E-state index contributed by atoms with van der Waals surface area (Å²) in [7, 11) is 1.59. The summed E-state index contributed by atoms with van der Waals surface area (Å²) in [5, 5.41) is 2.91. The van der Waals surface area contributed by atoms with E-state index in [1.165, 1.54) is 29.6 Å². The molecule has 1 aliphatic rings. The van der Waals surface area contributed by atoms with Crippen LogP contribution in [-0.4, -0.2) is 48.3 Å². The van der Waals surface area contributed by atoms with Gasteiger partial charge in [-0.15, -0.1) is 0 Å². The normalized spacial score (nSPS) is 14.3. The lowest BCUT2D eigenvalue weighted by Gasteiger charge is -2.18. The van der Waals surface area contributed by atoms with Crippen molar-refractivity contribution in [1.29, 1.82) is 0 Å². The summed E-state index contributed by atoms with van der Waals surface area (Å²) in [5.41, 5.74) is 2.36. The summed E-state index contributed by atoms with van der Waals surface area (Å²) in [6.45, 7) is 3.66. The van der Waals surface area contributed by atoms with E-state index in [1.807, 2.05) is 18.2 Å². The summed E-state index contributed by atoms with van der Waals surface area (Å²) in [6, 6.07) is 11.4. The monoisotopic (exact) mass is 355 g/mol. The Morgan fingerprint density at radius 3 is 2.54 bits per heavy atom. The minimum absolute atomic E-state index is 0.00613. The predicted molar refractivity (Wildman–Crippen MR) is 98.5 cm³/mol. The number of likely N-dealkylation sites (tertiary alicyclic amines) is 1. The number of carbonyl (C=O) groups excluding carboxylic acids is 2. The zero-order valence-electron chi connectivity index (χ0n) is 15.1. The van der Waals surface area contributed by atoms with Crippen molar-refractivity contribution in [1.82, 2.24) is 15.1 Å². The van der Waals surface area contributed by atoms with Crippen LogP contribution in [-0.2, 0) is 17.9 Å². The summed E-state index contributed by atoms with van der Waals surface area (Å²) >= 11 is 0. The summed E-state index contributed by atoms with van der Waals surface area (Å²) < 4.78 is 5.08. The first-order valence-electron chi connectivity index (χ1n) is 8.98. The molecule has 1 fully saturated rings. The number of furan rings is 1. The van der Waals surface area contributed by atoms with E-state index in [-0.39, 0.29) is 24.1 Å². The van der Waals surface area contributed by atoms with Crippen molar-refractivity contribution in [2.24, 2.45) is 0 Å². The molecule has 0 unspecified atom stereocenters. The van der Waals surface area contributed by atoms with Crippen molar-refractivity contribution in [3.8, 4) is 0 Å². The Balaban J connectivity index is 1.52. The first kappa shape index (κ1) is 18.2. The first-order chi connectivity index (χ1) is 12.6. The van der Waals surface area contributed by atoms with Gasteiger partial charge in [0.15, 0.2) is 5.76 Å². The average Bonchev–Trinajstić information content (AvgIpc) is 3.34. The Labute approximate surface area is 153 Å². The number of benzene rings is 1. The highest BCUT2D eigenvalue weighted by Crippen LogP contribution is 2.16. The van der Waals surface area contributed by atoms with Gasteiger partial charge >= 0.3 is 0 Å². The number of hydrogen-bond donors (Lipinski definition) is 1.